The fraction of sp³-hybridized carbons (Fsp3) is 0.429. The molecule has 0 aliphatic heterocycles. The number of aryl methyl sites for hydroxylation is 1. The lowest BCUT2D eigenvalue weighted by atomic mass is 9.87. The van der Waals surface area contributed by atoms with Crippen molar-refractivity contribution < 1.29 is 9.90 Å². The molecule has 19 heavy (non-hydrogen) atoms. The number of halogens is 1. The van der Waals surface area contributed by atoms with Crippen molar-refractivity contribution in [1.29, 1.82) is 5.26 Å². The number of hydrogen-bond donors (Lipinski definition) is 2. The average Bonchev–Trinajstić information content (AvgIpc) is 2.85. The molecule has 1 aliphatic carbocycles. The molecule has 2 N–H and O–H groups in total. The maximum atomic E-state index is 12.3. The van der Waals surface area contributed by atoms with E-state index in [1.165, 1.54) is 0 Å². The topological polar surface area (TPSA) is 73.1 Å². The predicted molar refractivity (Wildman–Crippen MR) is 75.7 cm³/mol. The molecule has 5 heteroatoms. The van der Waals surface area contributed by atoms with E-state index in [2.05, 4.69) is 27.3 Å². The quantitative estimate of drug-likeness (QED) is 0.818. The van der Waals surface area contributed by atoms with Gasteiger partial charge in [-0.25, -0.2) is 0 Å². The van der Waals surface area contributed by atoms with Crippen molar-refractivity contribution in [1.82, 2.24) is 0 Å². The number of amides is 1. The maximum Gasteiger partial charge on any atom is 0.244 e. The van der Waals surface area contributed by atoms with Gasteiger partial charge in [-0.05, 0) is 53.4 Å². The minimum Gasteiger partial charge on any atom is -0.505 e. The molecule has 1 fully saturated rings. The van der Waals surface area contributed by atoms with E-state index in [0.717, 1.165) is 18.4 Å². The number of benzene rings is 1. The van der Waals surface area contributed by atoms with Crippen molar-refractivity contribution >= 4 is 27.5 Å². The number of nitriles is 1. The molecular formula is C14H15BrN2O2. The van der Waals surface area contributed by atoms with Crippen LogP contribution in [0.25, 0.3) is 0 Å². The summed E-state index contributed by atoms with van der Waals surface area (Å²) in [6.45, 7) is 1.87. The number of aromatic hydroxyl groups is 1. The van der Waals surface area contributed by atoms with Crippen LogP contribution >= 0.6 is 15.9 Å². The van der Waals surface area contributed by atoms with Crippen LogP contribution in [-0.2, 0) is 4.79 Å². The summed E-state index contributed by atoms with van der Waals surface area (Å²) in [5.74, 6) is -0.328. The third kappa shape index (κ3) is 2.59. The molecule has 4 nitrogen and oxygen atoms in total. The zero-order valence-corrected chi connectivity index (χ0v) is 12.2. The van der Waals surface area contributed by atoms with Gasteiger partial charge in [0.25, 0.3) is 0 Å². The molecular weight excluding hydrogens is 308 g/mol. The molecule has 100 valence electrons. The largest absolute Gasteiger partial charge is 0.505 e. The van der Waals surface area contributed by atoms with Crippen molar-refractivity contribution in [3.63, 3.8) is 0 Å². The Bertz CT molecular complexity index is 557. The second-order valence-corrected chi connectivity index (χ2v) is 5.85. The van der Waals surface area contributed by atoms with E-state index in [0.29, 0.717) is 23.0 Å². The van der Waals surface area contributed by atoms with Crippen LogP contribution in [0.5, 0.6) is 5.75 Å². The zero-order chi connectivity index (χ0) is 14.0. The molecule has 0 saturated heterocycles. The molecule has 0 heterocycles. The first kappa shape index (κ1) is 13.9. The van der Waals surface area contributed by atoms with Crippen LogP contribution in [-0.4, -0.2) is 11.0 Å². The summed E-state index contributed by atoms with van der Waals surface area (Å²) >= 11 is 3.23. The predicted octanol–water partition coefficient (Wildman–Crippen LogP) is 3.49. The van der Waals surface area contributed by atoms with Crippen molar-refractivity contribution in [3.8, 4) is 11.8 Å². The van der Waals surface area contributed by atoms with Crippen LogP contribution in [0, 0.1) is 23.7 Å². The number of carbonyl (C=O) groups is 1. The summed E-state index contributed by atoms with van der Waals surface area (Å²) in [6, 6.07) is 5.60. The second-order valence-electron chi connectivity index (χ2n) is 5.00. The Balaban J connectivity index is 2.27. The van der Waals surface area contributed by atoms with Gasteiger partial charge in [-0.2, -0.15) is 5.26 Å². The van der Waals surface area contributed by atoms with Crippen LogP contribution in [0.1, 0.15) is 31.2 Å². The Kier molecular flexibility index (Phi) is 3.81. The Morgan fingerprint density at radius 3 is 2.68 bits per heavy atom. The molecule has 0 atom stereocenters. The highest BCUT2D eigenvalue weighted by Crippen LogP contribution is 2.40. The van der Waals surface area contributed by atoms with Gasteiger partial charge in [0.15, 0.2) is 5.75 Å². The molecule has 1 aromatic rings. The van der Waals surface area contributed by atoms with Crippen LogP contribution in [0.4, 0.5) is 5.69 Å². The molecule has 0 spiro atoms. The van der Waals surface area contributed by atoms with Gasteiger partial charge in [0.1, 0.15) is 5.41 Å². The van der Waals surface area contributed by atoms with E-state index in [4.69, 9.17) is 0 Å². The van der Waals surface area contributed by atoms with Gasteiger partial charge in [0, 0.05) is 0 Å². The summed E-state index contributed by atoms with van der Waals surface area (Å²) < 4.78 is 0.528. The van der Waals surface area contributed by atoms with Crippen LogP contribution in [0.2, 0.25) is 0 Å². The number of rotatable bonds is 2. The summed E-state index contributed by atoms with van der Waals surface area (Å²) in [5.41, 5.74) is 0.318. The maximum absolute atomic E-state index is 12.3. The Morgan fingerprint density at radius 1 is 1.47 bits per heavy atom. The highest BCUT2D eigenvalue weighted by Gasteiger charge is 2.41. The van der Waals surface area contributed by atoms with Gasteiger partial charge >= 0.3 is 0 Å². The number of anilines is 1. The van der Waals surface area contributed by atoms with Gasteiger partial charge in [-0.15, -0.1) is 0 Å². The van der Waals surface area contributed by atoms with E-state index in [1.807, 2.05) is 6.92 Å². The Labute approximate surface area is 120 Å². The molecule has 1 aromatic carbocycles. The highest BCUT2D eigenvalue weighted by molar-refractivity contribution is 9.10. The first-order valence-corrected chi connectivity index (χ1v) is 7.00. The van der Waals surface area contributed by atoms with Crippen molar-refractivity contribution in [3.05, 3.63) is 22.2 Å². The lowest BCUT2D eigenvalue weighted by Gasteiger charge is -2.20. The van der Waals surface area contributed by atoms with Crippen LogP contribution in [0.15, 0.2) is 16.6 Å². The van der Waals surface area contributed by atoms with Crippen molar-refractivity contribution in [2.24, 2.45) is 5.41 Å². The average molecular weight is 323 g/mol. The van der Waals surface area contributed by atoms with Crippen LogP contribution in [0.3, 0.4) is 0 Å². The van der Waals surface area contributed by atoms with E-state index < -0.39 is 5.41 Å². The zero-order valence-electron chi connectivity index (χ0n) is 10.7. The third-order valence-electron chi connectivity index (χ3n) is 3.56. The summed E-state index contributed by atoms with van der Waals surface area (Å²) in [4.78, 5) is 12.3. The van der Waals surface area contributed by atoms with Crippen LogP contribution < -0.4 is 5.32 Å². The Morgan fingerprint density at radius 2 is 2.11 bits per heavy atom. The number of carbonyl (C=O) groups excluding carboxylic acids is 1. The number of phenolic OH excluding ortho intramolecular Hbond substituents is 1. The molecule has 0 radical (unpaired) electrons. The number of nitrogens with one attached hydrogen (secondary N) is 1. The van der Waals surface area contributed by atoms with Crippen molar-refractivity contribution in [2.75, 3.05) is 5.32 Å². The minimum absolute atomic E-state index is 0.00923. The third-order valence-corrected chi connectivity index (χ3v) is 4.17. The lowest BCUT2D eigenvalue weighted by Crippen LogP contribution is -2.32. The minimum atomic E-state index is -0.942. The normalized spacial score (nSPS) is 16.9. The Hall–Kier alpha value is -1.54. The molecule has 0 aromatic heterocycles. The van der Waals surface area contributed by atoms with E-state index in [9.17, 15) is 15.2 Å². The standard InChI is InChI=1S/C14H15BrN2O2/c1-9-6-10(15)12(18)11(7-9)17-13(19)14(8-16)4-2-3-5-14/h6-7,18H,2-5H2,1H3,(H,17,19). The number of hydrogen-bond acceptors (Lipinski definition) is 3. The number of nitrogens with zero attached hydrogens (tertiary/aromatic N) is 1. The molecule has 0 unspecified atom stereocenters. The molecule has 1 aliphatic rings. The summed E-state index contributed by atoms with van der Waals surface area (Å²) in [6.07, 6.45) is 2.96. The number of phenols is 1. The molecule has 1 amide bonds. The first-order valence-electron chi connectivity index (χ1n) is 6.20. The monoisotopic (exact) mass is 322 g/mol. The molecule has 2 rings (SSSR count). The van der Waals surface area contributed by atoms with Crippen molar-refractivity contribution in [2.45, 2.75) is 32.6 Å². The SMILES string of the molecule is Cc1cc(Br)c(O)c(NC(=O)C2(C#N)CCCC2)c1. The summed E-state index contributed by atoms with van der Waals surface area (Å²) in [5, 5.41) is 21.9. The highest BCUT2D eigenvalue weighted by atomic mass is 79.9. The van der Waals surface area contributed by atoms with Gasteiger partial charge in [-0.1, -0.05) is 12.8 Å². The fourth-order valence-electron chi connectivity index (χ4n) is 2.44. The van der Waals surface area contributed by atoms with E-state index in [-0.39, 0.29) is 11.7 Å². The van der Waals surface area contributed by atoms with Gasteiger partial charge in [-0.3, -0.25) is 4.79 Å². The summed E-state index contributed by atoms with van der Waals surface area (Å²) in [7, 11) is 0. The lowest BCUT2D eigenvalue weighted by molar-refractivity contribution is -0.122. The van der Waals surface area contributed by atoms with E-state index >= 15 is 0 Å². The van der Waals surface area contributed by atoms with Gasteiger partial charge in [0.2, 0.25) is 5.91 Å². The molecule has 0 bridgehead atoms. The van der Waals surface area contributed by atoms with Gasteiger partial charge in [0.05, 0.1) is 16.2 Å². The second kappa shape index (κ2) is 5.22. The smallest absolute Gasteiger partial charge is 0.244 e. The molecule has 1 saturated carbocycles. The fourth-order valence-corrected chi connectivity index (χ4v) is 3.01. The first-order chi connectivity index (χ1) is 8.98. The van der Waals surface area contributed by atoms with Gasteiger partial charge < -0.3 is 10.4 Å². The van der Waals surface area contributed by atoms with E-state index in [1.54, 1.807) is 12.1 Å².